The van der Waals surface area contributed by atoms with E-state index < -0.39 is 42.5 Å². The highest BCUT2D eigenvalue weighted by molar-refractivity contribution is 5.68. The van der Waals surface area contributed by atoms with E-state index in [2.05, 4.69) is 15.4 Å². The standard InChI is InChI=1S/C13H18N4O7/c1-5-17-15-12(14-16-17)10-9(21-6(2)18)11(22-7(3)19)13(24-10)23-8(4)20/h9-11,13H,5H2,1-4H3. The third kappa shape index (κ3) is 4.04. The second kappa shape index (κ2) is 7.34. The maximum Gasteiger partial charge on any atom is 0.305 e. The van der Waals surface area contributed by atoms with Crippen LogP contribution in [0.3, 0.4) is 0 Å². The SMILES string of the molecule is CCn1nnc(C2OC(OC(C)=O)C(OC(C)=O)C2OC(C)=O)n1. The zero-order valence-corrected chi connectivity index (χ0v) is 13.7. The molecule has 1 aliphatic rings. The van der Waals surface area contributed by atoms with E-state index in [4.69, 9.17) is 18.9 Å². The van der Waals surface area contributed by atoms with E-state index in [0.717, 1.165) is 0 Å². The number of rotatable bonds is 5. The van der Waals surface area contributed by atoms with Crippen LogP contribution in [0.5, 0.6) is 0 Å². The van der Waals surface area contributed by atoms with E-state index in [1.54, 1.807) is 0 Å². The molecule has 0 saturated carbocycles. The van der Waals surface area contributed by atoms with Crippen LogP contribution in [0.4, 0.5) is 0 Å². The molecule has 0 N–H and O–H groups in total. The lowest BCUT2D eigenvalue weighted by molar-refractivity contribution is -0.195. The van der Waals surface area contributed by atoms with Crippen molar-refractivity contribution in [1.82, 2.24) is 20.2 Å². The van der Waals surface area contributed by atoms with Crippen molar-refractivity contribution >= 4 is 17.9 Å². The van der Waals surface area contributed by atoms with E-state index >= 15 is 0 Å². The summed E-state index contributed by atoms with van der Waals surface area (Å²) in [6.07, 6.45) is -4.48. The fourth-order valence-electron chi connectivity index (χ4n) is 2.23. The first-order valence-corrected chi connectivity index (χ1v) is 7.26. The molecule has 1 aromatic rings. The molecule has 0 radical (unpaired) electrons. The maximum absolute atomic E-state index is 11.4. The molecule has 11 nitrogen and oxygen atoms in total. The maximum atomic E-state index is 11.4. The quantitative estimate of drug-likeness (QED) is 0.510. The first-order chi connectivity index (χ1) is 11.3. The summed E-state index contributed by atoms with van der Waals surface area (Å²) < 4.78 is 20.9. The van der Waals surface area contributed by atoms with Gasteiger partial charge in [-0.25, -0.2) is 0 Å². The van der Waals surface area contributed by atoms with Gasteiger partial charge in [-0.2, -0.15) is 4.80 Å². The predicted octanol–water partition coefficient (Wildman–Crippen LogP) is -0.483. The molecule has 0 amide bonds. The van der Waals surface area contributed by atoms with Gasteiger partial charge in [-0.15, -0.1) is 10.2 Å². The smallest absolute Gasteiger partial charge is 0.305 e. The fourth-order valence-corrected chi connectivity index (χ4v) is 2.23. The predicted molar refractivity (Wildman–Crippen MR) is 74.0 cm³/mol. The van der Waals surface area contributed by atoms with E-state index in [1.807, 2.05) is 6.92 Å². The van der Waals surface area contributed by atoms with Gasteiger partial charge in [-0.05, 0) is 12.1 Å². The zero-order chi connectivity index (χ0) is 17.9. The minimum atomic E-state index is -1.26. The van der Waals surface area contributed by atoms with Crippen LogP contribution in [0.25, 0.3) is 0 Å². The van der Waals surface area contributed by atoms with Crippen molar-refractivity contribution in [1.29, 1.82) is 0 Å². The Balaban J connectivity index is 2.34. The Morgan fingerprint density at radius 1 is 1.04 bits per heavy atom. The van der Waals surface area contributed by atoms with Gasteiger partial charge in [0.25, 0.3) is 0 Å². The van der Waals surface area contributed by atoms with Gasteiger partial charge in [0.15, 0.2) is 12.2 Å². The van der Waals surface area contributed by atoms with Crippen LogP contribution in [0.1, 0.15) is 39.6 Å². The summed E-state index contributed by atoms with van der Waals surface area (Å²) >= 11 is 0. The van der Waals surface area contributed by atoms with Crippen LogP contribution in [0.2, 0.25) is 0 Å². The number of hydrogen-bond donors (Lipinski definition) is 0. The van der Waals surface area contributed by atoms with Crippen molar-refractivity contribution in [2.45, 2.75) is 58.8 Å². The topological polar surface area (TPSA) is 132 Å². The number of carbonyl (C=O) groups excluding carboxylic acids is 3. The molecule has 2 heterocycles. The summed E-state index contributed by atoms with van der Waals surface area (Å²) in [6.45, 7) is 5.83. The molecule has 0 bridgehead atoms. The van der Waals surface area contributed by atoms with Gasteiger partial charge in [-0.3, -0.25) is 14.4 Å². The summed E-state index contributed by atoms with van der Waals surface area (Å²) in [5, 5.41) is 11.7. The van der Waals surface area contributed by atoms with Crippen molar-refractivity contribution in [2.75, 3.05) is 0 Å². The zero-order valence-electron chi connectivity index (χ0n) is 13.7. The molecule has 2 rings (SSSR count). The van der Waals surface area contributed by atoms with E-state index in [-0.39, 0.29) is 5.82 Å². The van der Waals surface area contributed by atoms with Gasteiger partial charge in [0.05, 0.1) is 6.54 Å². The largest absolute Gasteiger partial charge is 0.455 e. The lowest BCUT2D eigenvalue weighted by atomic mass is 10.1. The Bertz CT molecular complexity index is 632. The van der Waals surface area contributed by atoms with Crippen LogP contribution < -0.4 is 0 Å². The number of nitrogens with zero attached hydrogens (tertiary/aromatic N) is 4. The minimum Gasteiger partial charge on any atom is -0.455 e. The third-order valence-corrected chi connectivity index (χ3v) is 3.06. The van der Waals surface area contributed by atoms with Crippen LogP contribution in [0.15, 0.2) is 0 Å². The van der Waals surface area contributed by atoms with Crippen molar-refractivity contribution in [2.24, 2.45) is 0 Å². The molecule has 1 aliphatic heterocycles. The highest BCUT2D eigenvalue weighted by Crippen LogP contribution is 2.36. The number of aryl methyl sites for hydroxylation is 1. The van der Waals surface area contributed by atoms with E-state index in [1.165, 1.54) is 25.6 Å². The average molecular weight is 342 g/mol. The van der Waals surface area contributed by atoms with Crippen molar-refractivity contribution in [3.63, 3.8) is 0 Å². The molecule has 0 aromatic carbocycles. The normalized spacial score (nSPS) is 26.0. The summed E-state index contributed by atoms with van der Waals surface area (Å²) in [5.74, 6) is -1.81. The molecule has 24 heavy (non-hydrogen) atoms. The van der Waals surface area contributed by atoms with Crippen molar-refractivity contribution in [3.05, 3.63) is 5.82 Å². The first-order valence-electron chi connectivity index (χ1n) is 7.26. The molecular weight excluding hydrogens is 324 g/mol. The first kappa shape index (κ1) is 17.8. The molecule has 1 aromatic heterocycles. The Kier molecular flexibility index (Phi) is 5.44. The van der Waals surface area contributed by atoms with E-state index in [9.17, 15) is 14.4 Å². The Morgan fingerprint density at radius 2 is 1.62 bits per heavy atom. The van der Waals surface area contributed by atoms with E-state index in [0.29, 0.717) is 6.54 Å². The van der Waals surface area contributed by atoms with Gasteiger partial charge in [0.1, 0.15) is 0 Å². The van der Waals surface area contributed by atoms with Gasteiger partial charge >= 0.3 is 17.9 Å². The van der Waals surface area contributed by atoms with Crippen LogP contribution in [-0.2, 0) is 39.9 Å². The van der Waals surface area contributed by atoms with Crippen molar-refractivity contribution in [3.8, 4) is 0 Å². The number of ether oxygens (including phenoxy) is 4. The number of carbonyl (C=O) groups is 3. The molecule has 4 unspecified atom stereocenters. The fraction of sp³-hybridized carbons (Fsp3) is 0.692. The van der Waals surface area contributed by atoms with Gasteiger partial charge in [0, 0.05) is 20.8 Å². The summed E-state index contributed by atoms with van der Waals surface area (Å²) in [5.41, 5.74) is 0. The number of hydrogen-bond acceptors (Lipinski definition) is 10. The van der Waals surface area contributed by atoms with Gasteiger partial charge in [-0.1, -0.05) is 0 Å². The Hall–Kier alpha value is -2.56. The van der Waals surface area contributed by atoms with Crippen LogP contribution in [0, 0.1) is 0 Å². The summed E-state index contributed by atoms with van der Waals surface area (Å²) in [4.78, 5) is 35.3. The average Bonchev–Trinajstić information content (AvgIpc) is 3.05. The molecule has 0 spiro atoms. The molecule has 11 heteroatoms. The molecule has 0 aliphatic carbocycles. The minimum absolute atomic E-state index is 0.120. The second-order valence-electron chi connectivity index (χ2n) is 5.02. The lowest BCUT2D eigenvalue weighted by Gasteiger charge is -2.22. The third-order valence-electron chi connectivity index (χ3n) is 3.06. The second-order valence-corrected chi connectivity index (χ2v) is 5.02. The number of aromatic nitrogens is 4. The van der Waals surface area contributed by atoms with Crippen LogP contribution in [-0.4, -0.2) is 56.6 Å². The Morgan fingerprint density at radius 3 is 2.12 bits per heavy atom. The molecular formula is C13H18N4O7. The van der Waals surface area contributed by atoms with Crippen molar-refractivity contribution < 1.29 is 33.3 Å². The lowest BCUT2D eigenvalue weighted by Crippen LogP contribution is -2.39. The molecule has 4 atom stereocenters. The van der Waals surface area contributed by atoms with Crippen LogP contribution >= 0.6 is 0 Å². The summed E-state index contributed by atoms with van der Waals surface area (Å²) in [6, 6.07) is 0. The molecule has 132 valence electrons. The summed E-state index contributed by atoms with van der Waals surface area (Å²) in [7, 11) is 0. The highest BCUT2D eigenvalue weighted by Gasteiger charge is 2.53. The molecule has 1 saturated heterocycles. The van der Waals surface area contributed by atoms with Gasteiger partial charge in [0.2, 0.25) is 18.2 Å². The number of tetrazole rings is 1. The Labute approximate surface area is 137 Å². The number of esters is 3. The van der Waals surface area contributed by atoms with Gasteiger partial charge < -0.3 is 18.9 Å². The monoisotopic (exact) mass is 342 g/mol. The highest BCUT2D eigenvalue weighted by atomic mass is 16.7. The molecule has 1 fully saturated rings.